The summed E-state index contributed by atoms with van der Waals surface area (Å²) in [6, 6.07) is 10.7. The first-order valence-corrected chi connectivity index (χ1v) is 8.51. The number of aryl methyl sites for hydroxylation is 1. The van der Waals surface area contributed by atoms with Gasteiger partial charge in [0, 0.05) is 42.8 Å². The Bertz CT molecular complexity index is 723. The molecule has 2 aliphatic heterocycles. The number of nitrogens with zero attached hydrogens (tertiary/aromatic N) is 4. The van der Waals surface area contributed by atoms with E-state index in [1.54, 1.807) is 0 Å². The third kappa shape index (κ3) is 3.46. The van der Waals surface area contributed by atoms with E-state index in [1.807, 2.05) is 17.6 Å². The molecule has 1 aromatic carbocycles. The van der Waals surface area contributed by atoms with Gasteiger partial charge in [-0.3, -0.25) is 10.0 Å². The van der Waals surface area contributed by atoms with Gasteiger partial charge in [0.2, 0.25) is 0 Å². The molecule has 2 aromatic rings. The van der Waals surface area contributed by atoms with Crippen molar-refractivity contribution in [2.24, 2.45) is 4.99 Å². The number of benzene rings is 1. The van der Waals surface area contributed by atoms with E-state index in [0.29, 0.717) is 0 Å². The zero-order chi connectivity index (χ0) is 15.1. The number of halogens is 2. The van der Waals surface area contributed by atoms with E-state index in [4.69, 9.17) is 4.99 Å². The molecule has 4 rings (SSSR count). The number of rotatable bonds is 1. The molecule has 1 aromatic heterocycles. The lowest BCUT2D eigenvalue weighted by Gasteiger charge is -2.40. The fourth-order valence-corrected chi connectivity index (χ4v) is 4.08. The lowest BCUT2D eigenvalue weighted by atomic mass is 10.2. The predicted molar refractivity (Wildman–Crippen MR) is 108 cm³/mol. The van der Waals surface area contributed by atoms with Gasteiger partial charge >= 0.3 is 0 Å². The van der Waals surface area contributed by atoms with Crippen molar-refractivity contribution >= 4 is 58.7 Å². The maximum Gasteiger partial charge on any atom is 0.120 e. The summed E-state index contributed by atoms with van der Waals surface area (Å²) >= 11 is 1.85. The molecule has 0 bridgehead atoms. The molecule has 0 atom stereocenters. The van der Waals surface area contributed by atoms with E-state index in [0.717, 1.165) is 31.9 Å². The number of thiophene rings is 1. The van der Waals surface area contributed by atoms with Crippen molar-refractivity contribution in [3.63, 3.8) is 0 Å². The molecule has 0 saturated carbocycles. The fraction of sp³-hybridized carbons (Fsp3) is 0.353. The minimum absolute atomic E-state index is 0. The summed E-state index contributed by atoms with van der Waals surface area (Å²) in [5.41, 5.74) is 3.45. The monoisotopic (exact) mass is 384 g/mol. The number of para-hydroxylation sites is 2. The van der Waals surface area contributed by atoms with Gasteiger partial charge in [-0.05, 0) is 32.2 Å². The number of fused-ring (bicyclic) bond motifs is 2. The Balaban J connectivity index is 0.00000104. The Labute approximate surface area is 159 Å². The Morgan fingerprint density at radius 1 is 1.04 bits per heavy atom. The van der Waals surface area contributed by atoms with Gasteiger partial charge < -0.3 is 4.90 Å². The van der Waals surface area contributed by atoms with Crippen LogP contribution in [0.2, 0.25) is 0 Å². The second kappa shape index (κ2) is 7.85. The van der Waals surface area contributed by atoms with Crippen LogP contribution in [0.25, 0.3) is 0 Å². The molecule has 1 saturated heterocycles. The van der Waals surface area contributed by atoms with Gasteiger partial charge in [-0.15, -0.1) is 36.2 Å². The summed E-state index contributed by atoms with van der Waals surface area (Å²) in [5.74, 6) is 0. The lowest BCUT2D eigenvalue weighted by Crippen LogP contribution is -2.51. The smallest absolute Gasteiger partial charge is 0.120 e. The summed E-state index contributed by atoms with van der Waals surface area (Å²) in [6.45, 7) is 6.45. The maximum atomic E-state index is 4.70. The van der Waals surface area contributed by atoms with Crippen LogP contribution in [0.1, 0.15) is 10.4 Å². The Hall–Kier alpha value is -1.11. The molecule has 7 heteroatoms. The summed E-state index contributed by atoms with van der Waals surface area (Å²) in [4.78, 5) is 8.42. The largest absolute Gasteiger partial charge is 0.304 e. The number of aliphatic imine (C=N–C) groups is 1. The first-order chi connectivity index (χ1) is 10.7. The molecule has 0 radical (unpaired) electrons. The van der Waals surface area contributed by atoms with Crippen LogP contribution in [-0.2, 0) is 0 Å². The molecule has 0 unspecified atom stereocenters. The van der Waals surface area contributed by atoms with Crippen molar-refractivity contribution < 1.29 is 0 Å². The van der Waals surface area contributed by atoms with Gasteiger partial charge in [0.15, 0.2) is 0 Å². The van der Waals surface area contributed by atoms with Crippen LogP contribution in [0, 0.1) is 6.92 Å². The third-order valence-corrected chi connectivity index (χ3v) is 5.31. The quantitative estimate of drug-likeness (QED) is 0.732. The molecular weight excluding hydrogens is 363 g/mol. The number of likely N-dealkylation sites (N-methyl/N-ethyl adjacent to an activating group) is 1. The third-order valence-electron chi connectivity index (χ3n) is 4.27. The molecule has 1 fully saturated rings. The van der Waals surface area contributed by atoms with Crippen molar-refractivity contribution in [3.8, 4) is 0 Å². The molecule has 0 N–H and O–H groups in total. The van der Waals surface area contributed by atoms with E-state index in [9.17, 15) is 0 Å². The van der Waals surface area contributed by atoms with Crippen LogP contribution in [0.4, 0.5) is 16.4 Å². The van der Waals surface area contributed by atoms with Gasteiger partial charge in [-0.2, -0.15) is 0 Å². The molecule has 3 heterocycles. The minimum Gasteiger partial charge on any atom is -0.304 e. The molecule has 4 nitrogen and oxygen atoms in total. The zero-order valence-corrected chi connectivity index (χ0v) is 16.3. The first kappa shape index (κ1) is 19.2. The molecule has 0 spiro atoms. The number of hydrazine groups is 1. The highest BCUT2D eigenvalue weighted by molar-refractivity contribution is 7.16. The summed E-state index contributed by atoms with van der Waals surface area (Å²) in [7, 11) is 2.19. The van der Waals surface area contributed by atoms with Crippen LogP contribution in [-0.4, -0.2) is 49.4 Å². The highest BCUT2D eigenvalue weighted by Crippen LogP contribution is 2.43. The maximum absolute atomic E-state index is 4.70. The van der Waals surface area contributed by atoms with E-state index >= 15 is 0 Å². The summed E-state index contributed by atoms with van der Waals surface area (Å²) in [5, 5.41) is 6.14. The molecule has 130 valence electrons. The number of anilines is 2. The van der Waals surface area contributed by atoms with Crippen LogP contribution in [0.3, 0.4) is 0 Å². The zero-order valence-electron chi connectivity index (χ0n) is 13.8. The Morgan fingerprint density at radius 2 is 1.75 bits per heavy atom. The molecule has 24 heavy (non-hydrogen) atoms. The number of hydrogen-bond acceptors (Lipinski definition) is 5. The summed E-state index contributed by atoms with van der Waals surface area (Å²) in [6.07, 6.45) is 2.01. The van der Waals surface area contributed by atoms with Gasteiger partial charge in [-0.1, -0.05) is 12.1 Å². The van der Waals surface area contributed by atoms with E-state index in [-0.39, 0.29) is 24.8 Å². The van der Waals surface area contributed by atoms with E-state index in [1.165, 1.54) is 21.1 Å². The van der Waals surface area contributed by atoms with Crippen molar-refractivity contribution in [2.45, 2.75) is 6.92 Å². The van der Waals surface area contributed by atoms with Crippen molar-refractivity contribution in [2.75, 3.05) is 38.2 Å². The van der Waals surface area contributed by atoms with Gasteiger partial charge in [0.1, 0.15) is 5.00 Å². The molecule has 0 aliphatic carbocycles. The summed E-state index contributed by atoms with van der Waals surface area (Å²) < 4.78 is 0. The van der Waals surface area contributed by atoms with E-state index < -0.39 is 0 Å². The van der Waals surface area contributed by atoms with Gasteiger partial charge in [-0.25, -0.2) is 5.01 Å². The average molecular weight is 385 g/mol. The lowest BCUT2D eigenvalue weighted by molar-refractivity contribution is 0.155. The highest BCUT2D eigenvalue weighted by atomic mass is 35.5. The number of hydrogen-bond donors (Lipinski definition) is 0. The molecule has 0 amide bonds. The van der Waals surface area contributed by atoms with Gasteiger partial charge in [0.25, 0.3) is 0 Å². The fourth-order valence-electron chi connectivity index (χ4n) is 3.06. The van der Waals surface area contributed by atoms with Gasteiger partial charge in [0.05, 0.1) is 11.4 Å². The highest BCUT2D eigenvalue weighted by Gasteiger charge is 2.28. The number of piperazine rings is 1. The predicted octanol–water partition coefficient (Wildman–Crippen LogP) is 4.26. The SMILES string of the molecule is Cc1cc2c(s1)N(N1CCN(C)CC1)c1ccccc1N=C2.Cl.Cl. The van der Waals surface area contributed by atoms with Crippen molar-refractivity contribution in [1.29, 1.82) is 0 Å². The normalized spacial score (nSPS) is 17.3. The second-order valence-electron chi connectivity index (χ2n) is 5.93. The second-order valence-corrected chi connectivity index (χ2v) is 7.17. The van der Waals surface area contributed by atoms with Crippen molar-refractivity contribution in [1.82, 2.24) is 9.91 Å². The molecule has 2 aliphatic rings. The van der Waals surface area contributed by atoms with Crippen LogP contribution < -0.4 is 5.01 Å². The van der Waals surface area contributed by atoms with Crippen LogP contribution in [0.5, 0.6) is 0 Å². The topological polar surface area (TPSA) is 22.1 Å². The van der Waals surface area contributed by atoms with Crippen molar-refractivity contribution in [3.05, 3.63) is 40.8 Å². The average Bonchev–Trinajstić information content (AvgIpc) is 2.82. The standard InChI is InChI=1S/C17H20N4S.2ClH/c1-13-11-14-12-18-15-5-3-4-6-16(15)21(17(14)22-13)20-9-7-19(2)8-10-20;;/h3-6,11-12H,7-10H2,1-2H3;2*1H. The van der Waals surface area contributed by atoms with Crippen LogP contribution in [0.15, 0.2) is 35.3 Å². The molecular formula is C17H22Cl2N4S. The Kier molecular flexibility index (Phi) is 6.28. The minimum atomic E-state index is 0. The first-order valence-electron chi connectivity index (χ1n) is 7.69. The van der Waals surface area contributed by atoms with E-state index in [2.05, 4.69) is 59.2 Å². The van der Waals surface area contributed by atoms with Crippen LogP contribution >= 0.6 is 36.2 Å². The Morgan fingerprint density at radius 3 is 2.50 bits per heavy atom.